The molecule has 0 atom stereocenters. The normalized spacial score (nSPS) is 13.3. The van der Waals surface area contributed by atoms with E-state index in [0.29, 0.717) is 5.69 Å². The number of benzene rings is 2. The van der Waals surface area contributed by atoms with Crippen LogP contribution in [0.1, 0.15) is 5.56 Å². The lowest BCUT2D eigenvalue weighted by Crippen LogP contribution is -2.14. The van der Waals surface area contributed by atoms with Crippen molar-refractivity contribution in [3.05, 3.63) is 66.4 Å². The zero-order valence-electron chi connectivity index (χ0n) is 12.7. The second kappa shape index (κ2) is 5.65. The topological polar surface area (TPSA) is 71.1 Å². The van der Waals surface area contributed by atoms with Crippen LogP contribution in [0.25, 0.3) is 17.0 Å². The molecule has 2 N–H and O–H groups in total. The molecule has 0 saturated heterocycles. The van der Waals surface area contributed by atoms with E-state index in [9.17, 15) is 8.42 Å². The molecule has 0 radical (unpaired) electrons. The van der Waals surface area contributed by atoms with Gasteiger partial charge >= 0.3 is 0 Å². The van der Waals surface area contributed by atoms with Crippen LogP contribution in [0.15, 0.2) is 65.7 Å². The number of fused-ring (bicyclic) bond motifs is 2. The van der Waals surface area contributed by atoms with Gasteiger partial charge in [0.25, 0.3) is 10.0 Å². The monoisotopic (exact) mass is 337 g/mol. The van der Waals surface area contributed by atoms with E-state index in [2.05, 4.69) is 15.0 Å². The highest BCUT2D eigenvalue weighted by Gasteiger charge is 2.17. The Labute approximate surface area is 140 Å². The quantitative estimate of drug-likeness (QED) is 0.768. The molecule has 0 bridgehead atoms. The van der Waals surface area contributed by atoms with Crippen molar-refractivity contribution in [3.63, 3.8) is 0 Å². The molecular formula is C18H15N3O2S. The molecule has 3 aromatic rings. The van der Waals surface area contributed by atoms with Crippen molar-refractivity contribution >= 4 is 38.4 Å². The molecule has 4 rings (SSSR count). The SMILES string of the molecule is O=S(=O)(Nc1cnc2ccccc2c1)c1ccc2c(c1)C=CCN2. The smallest absolute Gasteiger partial charge is 0.261 e. The molecule has 0 spiro atoms. The van der Waals surface area contributed by atoms with Gasteiger partial charge in [-0.2, -0.15) is 0 Å². The second-order valence-corrected chi connectivity index (χ2v) is 7.24. The zero-order chi connectivity index (χ0) is 16.6. The average molecular weight is 337 g/mol. The van der Waals surface area contributed by atoms with E-state index in [1.54, 1.807) is 24.3 Å². The molecule has 120 valence electrons. The van der Waals surface area contributed by atoms with Crippen LogP contribution in [0, 0.1) is 0 Å². The Hall–Kier alpha value is -2.86. The first-order valence-electron chi connectivity index (χ1n) is 7.54. The first kappa shape index (κ1) is 14.7. The molecule has 0 amide bonds. The molecule has 2 heterocycles. The van der Waals surface area contributed by atoms with Crippen molar-refractivity contribution in [2.45, 2.75) is 4.90 Å². The number of rotatable bonds is 3. The van der Waals surface area contributed by atoms with E-state index in [0.717, 1.165) is 28.7 Å². The lowest BCUT2D eigenvalue weighted by atomic mass is 10.1. The number of para-hydroxylation sites is 1. The fourth-order valence-corrected chi connectivity index (χ4v) is 3.77. The third-order valence-electron chi connectivity index (χ3n) is 3.88. The predicted molar refractivity (Wildman–Crippen MR) is 96.5 cm³/mol. The summed E-state index contributed by atoms with van der Waals surface area (Å²) in [5.41, 5.74) is 3.06. The number of hydrogen-bond donors (Lipinski definition) is 2. The second-order valence-electron chi connectivity index (χ2n) is 5.55. The molecule has 24 heavy (non-hydrogen) atoms. The van der Waals surface area contributed by atoms with Crippen molar-refractivity contribution in [1.82, 2.24) is 4.98 Å². The Morgan fingerprint density at radius 2 is 1.96 bits per heavy atom. The van der Waals surface area contributed by atoms with E-state index in [4.69, 9.17) is 0 Å². The standard InChI is InChI=1S/C18H15N3O2S/c22-24(23,16-7-8-18-14(11-16)5-3-9-19-18)21-15-10-13-4-1-2-6-17(13)20-12-15/h1-8,10-12,19,21H,9H2. The fourth-order valence-electron chi connectivity index (χ4n) is 2.70. The van der Waals surface area contributed by atoms with Crippen LogP contribution >= 0.6 is 0 Å². The van der Waals surface area contributed by atoms with Crippen LogP contribution < -0.4 is 10.0 Å². The first-order valence-corrected chi connectivity index (χ1v) is 9.02. The maximum atomic E-state index is 12.6. The summed E-state index contributed by atoms with van der Waals surface area (Å²) in [6.07, 6.45) is 5.40. The Balaban J connectivity index is 1.68. The first-order chi connectivity index (χ1) is 11.6. The Bertz CT molecular complexity index is 1060. The van der Waals surface area contributed by atoms with Gasteiger partial charge in [0.15, 0.2) is 0 Å². The van der Waals surface area contributed by atoms with Gasteiger partial charge in [-0.3, -0.25) is 9.71 Å². The average Bonchev–Trinajstić information content (AvgIpc) is 2.61. The third kappa shape index (κ3) is 2.72. The van der Waals surface area contributed by atoms with E-state index in [1.807, 2.05) is 36.4 Å². The molecule has 6 heteroatoms. The largest absolute Gasteiger partial charge is 0.381 e. The third-order valence-corrected chi connectivity index (χ3v) is 5.26. The summed E-state index contributed by atoms with van der Waals surface area (Å²) in [5, 5.41) is 4.08. The number of aromatic nitrogens is 1. The molecule has 1 aliphatic heterocycles. The Morgan fingerprint density at radius 1 is 1.08 bits per heavy atom. The number of anilines is 2. The van der Waals surface area contributed by atoms with Gasteiger partial charge in [-0.05, 0) is 35.9 Å². The lowest BCUT2D eigenvalue weighted by molar-refractivity contribution is 0.601. The molecule has 1 aliphatic rings. The van der Waals surface area contributed by atoms with Crippen LogP contribution in [0.5, 0.6) is 0 Å². The van der Waals surface area contributed by atoms with Gasteiger partial charge in [-0.25, -0.2) is 8.42 Å². The van der Waals surface area contributed by atoms with Gasteiger partial charge in [0, 0.05) is 17.6 Å². The van der Waals surface area contributed by atoms with Crippen molar-refractivity contribution in [2.75, 3.05) is 16.6 Å². The number of nitrogens with one attached hydrogen (secondary N) is 2. The molecule has 2 aromatic carbocycles. The molecule has 0 fully saturated rings. The van der Waals surface area contributed by atoms with E-state index < -0.39 is 10.0 Å². The predicted octanol–water partition coefficient (Wildman–Crippen LogP) is 3.47. The molecular weight excluding hydrogens is 322 g/mol. The Morgan fingerprint density at radius 3 is 2.88 bits per heavy atom. The maximum absolute atomic E-state index is 12.6. The van der Waals surface area contributed by atoms with Crippen LogP contribution in [-0.4, -0.2) is 19.9 Å². The summed E-state index contributed by atoms with van der Waals surface area (Å²) in [6.45, 7) is 0.750. The van der Waals surface area contributed by atoms with Gasteiger partial charge in [0.05, 0.1) is 22.3 Å². The summed E-state index contributed by atoms with van der Waals surface area (Å²) in [4.78, 5) is 4.51. The van der Waals surface area contributed by atoms with Crippen molar-refractivity contribution in [3.8, 4) is 0 Å². The van der Waals surface area contributed by atoms with Gasteiger partial charge in [0.1, 0.15) is 0 Å². The number of hydrogen-bond acceptors (Lipinski definition) is 4. The van der Waals surface area contributed by atoms with Crippen LogP contribution in [0.2, 0.25) is 0 Å². The molecule has 5 nitrogen and oxygen atoms in total. The minimum atomic E-state index is -3.67. The molecule has 0 unspecified atom stereocenters. The summed E-state index contributed by atoms with van der Waals surface area (Å²) in [6, 6.07) is 14.4. The van der Waals surface area contributed by atoms with E-state index in [-0.39, 0.29) is 4.90 Å². The summed E-state index contributed by atoms with van der Waals surface area (Å²) in [5.74, 6) is 0. The van der Waals surface area contributed by atoms with Gasteiger partial charge in [-0.1, -0.05) is 30.4 Å². The number of sulfonamides is 1. The van der Waals surface area contributed by atoms with Crippen LogP contribution in [0.3, 0.4) is 0 Å². The zero-order valence-corrected chi connectivity index (χ0v) is 13.5. The summed E-state index contributed by atoms with van der Waals surface area (Å²) >= 11 is 0. The summed E-state index contributed by atoms with van der Waals surface area (Å²) in [7, 11) is -3.67. The highest BCUT2D eigenvalue weighted by atomic mass is 32.2. The number of nitrogens with zero attached hydrogens (tertiary/aromatic N) is 1. The van der Waals surface area contributed by atoms with Crippen molar-refractivity contribution < 1.29 is 8.42 Å². The van der Waals surface area contributed by atoms with Gasteiger partial charge in [-0.15, -0.1) is 0 Å². The molecule has 0 saturated carbocycles. The Kier molecular flexibility index (Phi) is 3.46. The highest BCUT2D eigenvalue weighted by molar-refractivity contribution is 7.92. The van der Waals surface area contributed by atoms with Crippen LogP contribution in [0.4, 0.5) is 11.4 Å². The van der Waals surface area contributed by atoms with Gasteiger partial charge < -0.3 is 5.32 Å². The van der Waals surface area contributed by atoms with Crippen molar-refractivity contribution in [1.29, 1.82) is 0 Å². The minimum Gasteiger partial charge on any atom is -0.381 e. The number of pyridine rings is 1. The van der Waals surface area contributed by atoms with Gasteiger partial charge in [0.2, 0.25) is 0 Å². The minimum absolute atomic E-state index is 0.225. The lowest BCUT2D eigenvalue weighted by Gasteiger charge is -2.15. The van der Waals surface area contributed by atoms with E-state index >= 15 is 0 Å². The molecule has 0 aliphatic carbocycles. The maximum Gasteiger partial charge on any atom is 0.261 e. The summed E-state index contributed by atoms with van der Waals surface area (Å²) < 4.78 is 27.9. The van der Waals surface area contributed by atoms with Crippen molar-refractivity contribution in [2.24, 2.45) is 0 Å². The van der Waals surface area contributed by atoms with Crippen LogP contribution in [-0.2, 0) is 10.0 Å². The highest BCUT2D eigenvalue weighted by Crippen LogP contribution is 2.26. The fraction of sp³-hybridized carbons (Fsp3) is 0.0556. The molecule has 1 aromatic heterocycles. The van der Waals surface area contributed by atoms with E-state index in [1.165, 1.54) is 6.20 Å².